The average molecular weight is 519 g/mol. The molecule has 1 N–H and O–H groups in total. The number of ether oxygens (including phenoxy) is 1. The smallest absolute Gasteiger partial charge is 0.330 e. The van der Waals surface area contributed by atoms with Crippen LogP contribution in [0, 0.1) is 11.7 Å². The van der Waals surface area contributed by atoms with E-state index in [0.29, 0.717) is 23.1 Å². The van der Waals surface area contributed by atoms with Crippen molar-refractivity contribution in [1.29, 1.82) is 0 Å². The first-order valence-electron chi connectivity index (χ1n) is 12.5. The first-order valence-corrected chi connectivity index (χ1v) is 12.9. The summed E-state index contributed by atoms with van der Waals surface area (Å²) in [4.78, 5) is 11.7. The van der Waals surface area contributed by atoms with E-state index in [9.17, 15) is 14.3 Å². The maximum atomic E-state index is 14.0. The number of hydrogen-bond donors (Lipinski definition) is 1. The zero-order valence-corrected chi connectivity index (χ0v) is 21.2. The molecule has 1 heterocycles. The van der Waals surface area contributed by atoms with Gasteiger partial charge in [-0.25, -0.2) is 9.18 Å². The van der Waals surface area contributed by atoms with Crippen LogP contribution in [-0.2, 0) is 9.53 Å². The van der Waals surface area contributed by atoms with E-state index in [0.717, 1.165) is 46.9 Å². The van der Waals surface area contributed by atoms with Crippen LogP contribution in [0.3, 0.4) is 0 Å². The van der Waals surface area contributed by atoms with Crippen molar-refractivity contribution in [3.8, 4) is 5.75 Å². The van der Waals surface area contributed by atoms with Gasteiger partial charge in [-0.1, -0.05) is 60.5 Å². The second-order valence-corrected chi connectivity index (χ2v) is 9.86. The van der Waals surface area contributed by atoms with Crippen molar-refractivity contribution in [1.82, 2.24) is 0 Å². The molecular weight excluding hydrogens is 491 g/mol. The molecule has 1 aliphatic carbocycles. The minimum atomic E-state index is -0.384. The molecule has 0 aliphatic heterocycles. The summed E-state index contributed by atoms with van der Waals surface area (Å²) in [5.74, 6) is -0.481. The molecule has 0 spiro atoms. The van der Waals surface area contributed by atoms with Gasteiger partial charge in [0, 0.05) is 28.0 Å². The fourth-order valence-electron chi connectivity index (χ4n) is 5.33. The van der Waals surface area contributed by atoms with Gasteiger partial charge in [-0.05, 0) is 72.6 Å². The number of halogens is 2. The van der Waals surface area contributed by atoms with Crippen molar-refractivity contribution in [2.24, 2.45) is 5.92 Å². The third kappa shape index (κ3) is 5.14. The molecule has 37 heavy (non-hydrogen) atoms. The third-order valence-electron chi connectivity index (χ3n) is 7.28. The Morgan fingerprint density at radius 2 is 1.95 bits per heavy atom. The lowest BCUT2D eigenvalue weighted by molar-refractivity contribution is -0.137. The molecule has 0 radical (unpaired) electrons. The number of esters is 1. The highest BCUT2D eigenvalue weighted by Gasteiger charge is 2.38. The molecule has 4 aromatic rings. The third-order valence-corrected chi connectivity index (χ3v) is 7.60. The lowest BCUT2D eigenvalue weighted by Crippen LogP contribution is -2.27. The van der Waals surface area contributed by atoms with Gasteiger partial charge in [-0.15, -0.1) is 0 Å². The molecule has 6 heteroatoms. The summed E-state index contributed by atoms with van der Waals surface area (Å²) in [6, 6.07) is 18.0. The van der Waals surface area contributed by atoms with Gasteiger partial charge in [0.1, 0.15) is 5.82 Å². The van der Waals surface area contributed by atoms with Gasteiger partial charge < -0.3 is 14.3 Å². The molecule has 2 unspecified atom stereocenters. The van der Waals surface area contributed by atoms with E-state index in [4.69, 9.17) is 20.8 Å². The highest BCUT2D eigenvalue weighted by atomic mass is 35.5. The molecule has 0 amide bonds. The number of carbonyl (C=O) groups excluding carboxylic acids is 1. The number of fused-ring (bicyclic) bond motifs is 1. The van der Waals surface area contributed by atoms with E-state index < -0.39 is 0 Å². The minimum Gasteiger partial charge on any atom is -0.504 e. The number of rotatable bonds is 8. The second-order valence-electron chi connectivity index (χ2n) is 9.46. The fourth-order valence-corrected chi connectivity index (χ4v) is 5.62. The summed E-state index contributed by atoms with van der Waals surface area (Å²) < 4.78 is 24.8. The van der Waals surface area contributed by atoms with Crippen molar-refractivity contribution in [3.63, 3.8) is 0 Å². The molecule has 1 saturated carbocycles. The van der Waals surface area contributed by atoms with E-state index in [2.05, 4.69) is 0 Å². The van der Waals surface area contributed by atoms with Crippen LogP contribution in [0.15, 0.2) is 77.4 Å². The zero-order chi connectivity index (χ0) is 25.9. The van der Waals surface area contributed by atoms with Crippen LogP contribution in [-0.4, -0.2) is 17.7 Å². The number of carbonyl (C=O) groups is 1. The molecule has 1 aliphatic rings. The molecule has 190 valence electrons. The van der Waals surface area contributed by atoms with E-state index >= 15 is 0 Å². The van der Waals surface area contributed by atoms with Crippen LogP contribution in [0.1, 0.15) is 60.3 Å². The predicted octanol–water partition coefficient (Wildman–Crippen LogP) is 8.22. The quantitative estimate of drug-likeness (QED) is 0.188. The fraction of sp³-hybridized carbons (Fsp3) is 0.258. The number of phenols is 1. The summed E-state index contributed by atoms with van der Waals surface area (Å²) in [6.07, 6.45) is 8.09. The average Bonchev–Trinajstić information content (AvgIpc) is 3.28. The highest BCUT2D eigenvalue weighted by molar-refractivity contribution is 6.31. The van der Waals surface area contributed by atoms with Gasteiger partial charge >= 0.3 is 5.97 Å². The number of phenolic OH excluding ortho intramolecular Hbond substituents is 1. The van der Waals surface area contributed by atoms with E-state index in [1.165, 1.54) is 18.2 Å². The molecule has 1 fully saturated rings. The van der Waals surface area contributed by atoms with Crippen LogP contribution in [0.5, 0.6) is 5.75 Å². The summed E-state index contributed by atoms with van der Waals surface area (Å²) >= 11 is 6.65. The standard InChI is InChI=1S/C31H28ClFO4/c1-2-36-28(35)16-11-19-9-12-21(13-10-19)30(25-18-37-31-23(25)7-4-8-27(31)34)29(20-5-3-6-20)24-15-14-22(33)17-26(24)32/h4,7-18,20,29-30,34H,2-3,5-6H2,1H3/b16-11+. The van der Waals surface area contributed by atoms with Crippen molar-refractivity contribution >= 4 is 34.6 Å². The lowest BCUT2D eigenvalue weighted by atomic mass is 9.64. The zero-order valence-electron chi connectivity index (χ0n) is 20.5. The largest absolute Gasteiger partial charge is 0.504 e. The summed E-state index contributed by atoms with van der Waals surface area (Å²) in [5.41, 5.74) is 4.19. The summed E-state index contributed by atoms with van der Waals surface area (Å²) in [6.45, 7) is 2.10. The van der Waals surface area contributed by atoms with Gasteiger partial charge in [0.05, 0.1) is 12.9 Å². The number of aromatic hydroxyl groups is 1. The predicted molar refractivity (Wildman–Crippen MR) is 143 cm³/mol. The highest BCUT2D eigenvalue weighted by Crippen LogP contribution is 2.53. The molecule has 0 saturated heterocycles. The number of para-hydroxylation sites is 1. The SMILES string of the molecule is CCOC(=O)/C=C/c1ccc(C(c2coc3c(O)cccc23)C(c2ccc(F)cc2Cl)C2CCC2)cc1. The van der Waals surface area contributed by atoms with Gasteiger partial charge in [-0.3, -0.25) is 0 Å². The van der Waals surface area contributed by atoms with E-state index in [1.807, 2.05) is 30.3 Å². The molecule has 5 rings (SSSR count). The number of benzene rings is 3. The molecular formula is C31H28ClFO4. The van der Waals surface area contributed by atoms with Crippen LogP contribution in [0.2, 0.25) is 5.02 Å². The maximum absolute atomic E-state index is 14.0. The molecule has 0 bridgehead atoms. The van der Waals surface area contributed by atoms with Crippen LogP contribution < -0.4 is 0 Å². The minimum absolute atomic E-state index is 0.0223. The normalized spacial score (nSPS) is 15.5. The molecule has 2 atom stereocenters. The van der Waals surface area contributed by atoms with Crippen molar-refractivity contribution in [2.45, 2.75) is 38.0 Å². The van der Waals surface area contributed by atoms with Crippen LogP contribution >= 0.6 is 11.6 Å². The maximum Gasteiger partial charge on any atom is 0.330 e. The monoisotopic (exact) mass is 518 g/mol. The van der Waals surface area contributed by atoms with Gasteiger partial charge in [0.15, 0.2) is 11.3 Å². The Bertz CT molecular complexity index is 1440. The molecule has 4 nitrogen and oxygen atoms in total. The van der Waals surface area contributed by atoms with E-state index in [-0.39, 0.29) is 29.4 Å². The van der Waals surface area contributed by atoms with Crippen molar-refractivity contribution < 1.29 is 23.4 Å². The summed E-state index contributed by atoms with van der Waals surface area (Å²) in [7, 11) is 0. The summed E-state index contributed by atoms with van der Waals surface area (Å²) in [5, 5.41) is 11.7. The number of hydrogen-bond acceptors (Lipinski definition) is 4. The lowest BCUT2D eigenvalue weighted by Gasteiger charge is -2.40. The first-order chi connectivity index (χ1) is 18.0. The van der Waals surface area contributed by atoms with Crippen LogP contribution in [0.4, 0.5) is 4.39 Å². The Morgan fingerprint density at radius 3 is 2.62 bits per heavy atom. The Labute approximate surface area is 220 Å². The van der Waals surface area contributed by atoms with Gasteiger partial charge in [-0.2, -0.15) is 0 Å². The van der Waals surface area contributed by atoms with E-state index in [1.54, 1.807) is 37.5 Å². The Kier molecular flexibility index (Phi) is 7.33. The first kappa shape index (κ1) is 25.1. The van der Waals surface area contributed by atoms with Gasteiger partial charge in [0.2, 0.25) is 0 Å². The Balaban J connectivity index is 1.63. The van der Waals surface area contributed by atoms with Gasteiger partial charge in [0.25, 0.3) is 0 Å². The van der Waals surface area contributed by atoms with Crippen molar-refractivity contribution in [2.75, 3.05) is 6.61 Å². The van der Waals surface area contributed by atoms with Crippen molar-refractivity contribution in [3.05, 3.63) is 106 Å². The molecule has 3 aromatic carbocycles. The number of furan rings is 1. The Morgan fingerprint density at radius 1 is 1.16 bits per heavy atom. The second kappa shape index (κ2) is 10.8. The van der Waals surface area contributed by atoms with Crippen LogP contribution in [0.25, 0.3) is 17.0 Å². The Hall–Kier alpha value is -3.57. The topological polar surface area (TPSA) is 59.7 Å². The molecule has 1 aromatic heterocycles.